The number of carbonyl (C=O) groups is 2. The number of carbonyl (C=O) groups excluding carboxylic acids is 2. The maximum Gasteiger partial charge on any atom is 0.250 e. The molecular formula is C11H8F2N2O2S. The van der Waals surface area contributed by atoms with E-state index in [0.717, 1.165) is 6.07 Å². The van der Waals surface area contributed by atoms with Gasteiger partial charge in [0.25, 0.3) is 5.95 Å². The molecule has 0 bridgehead atoms. The van der Waals surface area contributed by atoms with Gasteiger partial charge in [0, 0.05) is 0 Å². The monoisotopic (exact) mass is 270 g/mol. The lowest BCUT2D eigenvalue weighted by Crippen LogP contribution is -2.59. The lowest BCUT2D eigenvalue weighted by atomic mass is 9.93. The van der Waals surface area contributed by atoms with E-state index in [1.807, 2.05) is 6.92 Å². The molecule has 2 aliphatic rings. The van der Waals surface area contributed by atoms with Crippen LogP contribution in [0.2, 0.25) is 0 Å². The van der Waals surface area contributed by atoms with Crippen LogP contribution in [0, 0.1) is 17.7 Å². The second kappa shape index (κ2) is 3.74. The SMILES string of the molecule is CC1SC2C(C=O)C(=O)c3cc(F)c(F)nc3N12. The number of nitrogens with zero attached hydrogens (tertiary/aromatic N) is 2. The van der Waals surface area contributed by atoms with Crippen LogP contribution in [0.4, 0.5) is 14.6 Å². The first-order valence-corrected chi connectivity index (χ1v) is 6.28. The van der Waals surface area contributed by atoms with E-state index in [0.29, 0.717) is 6.29 Å². The highest BCUT2D eigenvalue weighted by atomic mass is 32.2. The van der Waals surface area contributed by atoms with Crippen molar-refractivity contribution in [2.45, 2.75) is 17.7 Å². The summed E-state index contributed by atoms with van der Waals surface area (Å²) in [6.07, 6.45) is 0.559. The molecule has 0 spiro atoms. The van der Waals surface area contributed by atoms with Crippen LogP contribution in [0.1, 0.15) is 17.3 Å². The Kier molecular flexibility index (Phi) is 2.41. The molecule has 3 heterocycles. The summed E-state index contributed by atoms with van der Waals surface area (Å²) < 4.78 is 26.3. The molecule has 0 aromatic carbocycles. The Balaban J connectivity index is 2.19. The zero-order valence-electron chi connectivity index (χ0n) is 9.26. The van der Waals surface area contributed by atoms with Gasteiger partial charge >= 0.3 is 0 Å². The van der Waals surface area contributed by atoms with Crippen molar-refractivity contribution in [2.24, 2.45) is 5.92 Å². The molecule has 2 aliphatic heterocycles. The second-order valence-electron chi connectivity index (χ2n) is 4.19. The first-order chi connectivity index (χ1) is 8.54. The number of hydrogen-bond donors (Lipinski definition) is 0. The Labute approximate surface area is 105 Å². The Morgan fingerprint density at radius 1 is 1.50 bits per heavy atom. The molecule has 1 aromatic rings. The predicted molar refractivity (Wildman–Crippen MR) is 61.4 cm³/mol. The molecule has 0 amide bonds. The molecule has 0 N–H and O–H groups in total. The van der Waals surface area contributed by atoms with E-state index >= 15 is 0 Å². The first kappa shape index (κ1) is 11.6. The molecule has 94 valence electrons. The smallest absolute Gasteiger partial charge is 0.250 e. The number of thioether (sulfide) groups is 1. The van der Waals surface area contributed by atoms with Gasteiger partial charge in [-0.2, -0.15) is 9.37 Å². The number of ketones is 1. The topological polar surface area (TPSA) is 50.3 Å². The van der Waals surface area contributed by atoms with Gasteiger partial charge in [-0.05, 0) is 13.0 Å². The highest BCUT2D eigenvalue weighted by Crippen LogP contribution is 2.48. The number of pyridine rings is 1. The molecule has 1 saturated heterocycles. The quantitative estimate of drug-likeness (QED) is 0.441. The lowest BCUT2D eigenvalue weighted by molar-refractivity contribution is -0.110. The summed E-state index contributed by atoms with van der Waals surface area (Å²) >= 11 is 1.44. The fraction of sp³-hybridized carbons (Fsp3) is 0.364. The van der Waals surface area contributed by atoms with Crippen LogP contribution in [0.3, 0.4) is 0 Å². The summed E-state index contributed by atoms with van der Waals surface area (Å²) in [6, 6.07) is 0.822. The summed E-state index contributed by atoms with van der Waals surface area (Å²) in [6.45, 7) is 1.85. The molecule has 1 aromatic heterocycles. The average molecular weight is 270 g/mol. The fourth-order valence-electron chi connectivity index (χ4n) is 2.30. The van der Waals surface area contributed by atoms with E-state index in [2.05, 4.69) is 4.98 Å². The predicted octanol–water partition coefficient (Wildman–Crippen LogP) is 1.60. The zero-order valence-corrected chi connectivity index (χ0v) is 10.1. The van der Waals surface area contributed by atoms with Crippen LogP contribution < -0.4 is 4.90 Å². The van der Waals surface area contributed by atoms with Gasteiger partial charge < -0.3 is 9.69 Å². The van der Waals surface area contributed by atoms with Crippen molar-refractivity contribution in [1.82, 2.24) is 4.98 Å². The van der Waals surface area contributed by atoms with Crippen LogP contribution in [0.15, 0.2) is 6.07 Å². The summed E-state index contributed by atoms with van der Waals surface area (Å²) in [5.74, 6) is -3.61. The van der Waals surface area contributed by atoms with Crippen molar-refractivity contribution < 1.29 is 18.4 Å². The van der Waals surface area contributed by atoms with Crippen LogP contribution in [0.25, 0.3) is 0 Å². The van der Waals surface area contributed by atoms with Gasteiger partial charge in [0.2, 0.25) is 0 Å². The molecule has 7 heteroatoms. The Morgan fingerprint density at radius 2 is 2.22 bits per heavy atom. The van der Waals surface area contributed by atoms with Gasteiger partial charge in [-0.25, -0.2) is 4.39 Å². The van der Waals surface area contributed by atoms with Gasteiger partial charge in [0.05, 0.1) is 16.3 Å². The minimum atomic E-state index is -1.23. The van der Waals surface area contributed by atoms with E-state index in [1.165, 1.54) is 11.8 Å². The highest BCUT2D eigenvalue weighted by Gasteiger charge is 2.50. The normalized spacial score (nSPS) is 29.4. The van der Waals surface area contributed by atoms with E-state index in [-0.39, 0.29) is 22.1 Å². The van der Waals surface area contributed by atoms with Gasteiger partial charge in [-0.1, -0.05) is 0 Å². The number of rotatable bonds is 1. The third-order valence-electron chi connectivity index (χ3n) is 3.18. The number of fused-ring (bicyclic) bond motifs is 3. The molecule has 0 aliphatic carbocycles. The summed E-state index contributed by atoms with van der Waals surface area (Å²) in [5.41, 5.74) is -0.0191. The van der Waals surface area contributed by atoms with Crippen molar-refractivity contribution in [1.29, 1.82) is 0 Å². The second-order valence-corrected chi connectivity index (χ2v) is 5.63. The van der Waals surface area contributed by atoms with Gasteiger partial charge in [-0.3, -0.25) is 4.79 Å². The standard InChI is InChI=1S/C11H8F2N2O2S/c1-4-15-10-5(2-7(12)9(13)14-10)8(17)6(3-16)11(15)18-4/h2-4,6,11H,1H3. The van der Waals surface area contributed by atoms with Crippen LogP contribution in [0.5, 0.6) is 0 Å². The Bertz CT molecular complexity index is 566. The Morgan fingerprint density at radius 3 is 2.83 bits per heavy atom. The molecule has 18 heavy (non-hydrogen) atoms. The lowest BCUT2D eigenvalue weighted by Gasteiger charge is -2.51. The van der Waals surface area contributed by atoms with E-state index in [4.69, 9.17) is 0 Å². The number of Topliss-reactive ketones (excluding diaryl/α,β-unsaturated/α-hetero) is 1. The summed E-state index contributed by atoms with van der Waals surface area (Å²) in [7, 11) is 0. The number of aromatic nitrogens is 1. The van der Waals surface area contributed by atoms with Crippen molar-refractivity contribution in [3.05, 3.63) is 23.4 Å². The molecule has 1 fully saturated rings. The maximum absolute atomic E-state index is 13.2. The van der Waals surface area contributed by atoms with E-state index in [1.54, 1.807) is 4.90 Å². The first-order valence-electron chi connectivity index (χ1n) is 5.34. The van der Waals surface area contributed by atoms with Gasteiger partial charge in [0.1, 0.15) is 18.0 Å². The molecule has 3 atom stereocenters. The molecule has 4 nitrogen and oxygen atoms in total. The van der Waals surface area contributed by atoms with E-state index in [9.17, 15) is 18.4 Å². The Hall–Kier alpha value is -1.50. The van der Waals surface area contributed by atoms with Crippen molar-refractivity contribution in [3.8, 4) is 0 Å². The van der Waals surface area contributed by atoms with Crippen molar-refractivity contribution in [2.75, 3.05) is 4.90 Å². The number of aldehydes is 1. The molecule has 0 radical (unpaired) electrons. The zero-order chi connectivity index (χ0) is 13.0. The van der Waals surface area contributed by atoms with Gasteiger partial charge in [-0.15, -0.1) is 11.8 Å². The van der Waals surface area contributed by atoms with Crippen molar-refractivity contribution >= 4 is 29.6 Å². The van der Waals surface area contributed by atoms with Crippen molar-refractivity contribution in [3.63, 3.8) is 0 Å². The highest BCUT2D eigenvalue weighted by molar-refractivity contribution is 8.02. The number of halogens is 2. The third kappa shape index (κ3) is 1.33. The minimum absolute atomic E-state index is 0.0124. The van der Waals surface area contributed by atoms with Crippen LogP contribution in [-0.4, -0.2) is 27.8 Å². The summed E-state index contributed by atoms with van der Waals surface area (Å²) in [5, 5.41) is -0.364. The van der Waals surface area contributed by atoms with Crippen LogP contribution in [-0.2, 0) is 4.79 Å². The number of anilines is 1. The molecule has 3 rings (SSSR count). The third-order valence-corrected chi connectivity index (χ3v) is 4.60. The van der Waals surface area contributed by atoms with Gasteiger partial charge in [0.15, 0.2) is 11.6 Å². The average Bonchev–Trinajstić information content (AvgIpc) is 2.31. The largest absolute Gasteiger partial charge is 0.331 e. The molecular weight excluding hydrogens is 262 g/mol. The van der Waals surface area contributed by atoms with Crippen LogP contribution >= 0.6 is 11.8 Å². The molecule has 0 saturated carbocycles. The minimum Gasteiger partial charge on any atom is -0.331 e. The fourth-order valence-corrected chi connectivity index (χ4v) is 3.64. The van der Waals surface area contributed by atoms with E-state index < -0.39 is 23.5 Å². The number of hydrogen-bond acceptors (Lipinski definition) is 5. The molecule has 3 unspecified atom stereocenters. The summed E-state index contributed by atoms with van der Waals surface area (Å²) in [4.78, 5) is 28.2. The maximum atomic E-state index is 13.2.